The number of fused-ring (bicyclic) bond motifs is 1. The quantitative estimate of drug-likeness (QED) is 0.857. The summed E-state index contributed by atoms with van der Waals surface area (Å²) in [5.74, 6) is 0.550. The summed E-state index contributed by atoms with van der Waals surface area (Å²) in [5.41, 5.74) is 2.38. The Morgan fingerprint density at radius 2 is 2.12 bits per heavy atom. The van der Waals surface area contributed by atoms with Crippen molar-refractivity contribution in [2.24, 2.45) is 0 Å². The SMILES string of the molecule is O=C([C@@H]1Cc2ccccc2CO1)N1CC[C@@H](Oc2cnccn2)C1. The van der Waals surface area contributed by atoms with Crippen LogP contribution in [0.2, 0.25) is 0 Å². The molecule has 1 aromatic heterocycles. The predicted octanol–water partition coefficient (Wildman–Crippen LogP) is 1.60. The van der Waals surface area contributed by atoms with E-state index >= 15 is 0 Å². The normalized spacial score (nSPS) is 22.9. The summed E-state index contributed by atoms with van der Waals surface area (Å²) >= 11 is 0. The molecule has 0 spiro atoms. The molecule has 24 heavy (non-hydrogen) atoms. The summed E-state index contributed by atoms with van der Waals surface area (Å²) in [4.78, 5) is 22.7. The fourth-order valence-electron chi connectivity index (χ4n) is 3.25. The lowest BCUT2D eigenvalue weighted by molar-refractivity contribution is -0.144. The molecular formula is C18H19N3O3. The van der Waals surface area contributed by atoms with E-state index in [1.165, 1.54) is 11.1 Å². The Hall–Kier alpha value is -2.47. The fraction of sp³-hybridized carbons (Fsp3) is 0.389. The van der Waals surface area contributed by atoms with Gasteiger partial charge < -0.3 is 14.4 Å². The molecular weight excluding hydrogens is 306 g/mol. The molecule has 6 nitrogen and oxygen atoms in total. The van der Waals surface area contributed by atoms with Crippen molar-refractivity contribution in [3.63, 3.8) is 0 Å². The van der Waals surface area contributed by atoms with Crippen LogP contribution in [0.5, 0.6) is 5.88 Å². The smallest absolute Gasteiger partial charge is 0.252 e. The zero-order chi connectivity index (χ0) is 16.4. The number of hydrogen-bond acceptors (Lipinski definition) is 5. The van der Waals surface area contributed by atoms with Crippen LogP contribution in [0.1, 0.15) is 17.5 Å². The maximum Gasteiger partial charge on any atom is 0.252 e. The lowest BCUT2D eigenvalue weighted by atomic mass is 9.98. The minimum atomic E-state index is -0.393. The molecule has 0 unspecified atom stereocenters. The van der Waals surface area contributed by atoms with Gasteiger partial charge in [0, 0.05) is 31.8 Å². The summed E-state index contributed by atoms with van der Waals surface area (Å²) in [6.45, 7) is 1.75. The summed E-state index contributed by atoms with van der Waals surface area (Å²) in [6, 6.07) is 8.13. The van der Waals surface area contributed by atoms with Crippen molar-refractivity contribution in [2.45, 2.75) is 31.7 Å². The first-order valence-corrected chi connectivity index (χ1v) is 8.19. The van der Waals surface area contributed by atoms with Gasteiger partial charge in [0.25, 0.3) is 5.91 Å². The number of amides is 1. The van der Waals surface area contributed by atoms with Gasteiger partial charge in [0.1, 0.15) is 12.2 Å². The van der Waals surface area contributed by atoms with Gasteiger partial charge in [-0.1, -0.05) is 24.3 Å². The van der Waals surface area contributed by atoms with E-state index in [1.807, 2.05) is 17.0 Å². The van der Waals surface area contributed by atoms with Crippen LogP contribution in [-0.4, -0.2) is 46.1 Å². The molecule has 0 N–H and O–H groups in total. The van der Waals surface area contributed by atoms with Gasteiger partial charge in [-0.2, -0.15) is 0 Å². The second-order valence-electron chi connectivity index (χ2n) is 6.13. The summed E-state index contributed by atoms with van der Waals surface area (Å²) < 4.78 is 11.6. The van der Waals surface area contributed by atoms with E-state index in [0.29, 0.717) is 32.0 Å². The van der Waals surface area contributed by atoms with E-state index in [9.17, 15) is 4.79 Å². The number of ether oxygens (including phenoxy) is 2. The molecule has 1 amide bonds. The Morgan fingerprint density at radius 3 is 2.96 bits per heavy atom. The van der Waals surface area contributed by atoms with Crippen LogP contribution in [0, 0.1) is 0 Å². The maximum atomic E-state index is 12.7. The van der Waals surface area contributed by atoms with Crippen molar-refractivity contribution < 1.29 is 14.3 Å². The number of benzene rings is 1. The zero-order valence-electron chi connectivity index (χ0n) is 13.3. The molecule has 6 heteroatoms. The van der Waals surface area contributed by atoms with Crippen LogP contribution in [0.25, 0.3) is 0 Å². The average Bonchev–Trinajstić information content (AvgIpc) is 3.10. The second-order valence-corrected chi connectivity index (χ2v) is 6.13. The number of carbonyl (C=O) groups excluding carboxylic acids is 1. The monoisotopic (exact) mass is 325 g/mol. The first-order valence-electron chi connectivity index (χ1n) is 8.19. The van der Waals surface area contributed by atoms with Gasteiger partial charge in [0.05, 0.1) is 19.3 Å². The van der Waals surface area contributed by atoms with Crippen molar-refractivity contribution in [3.8, 4) is 5.88 Å². The van der Waals surface area contributed by atoms with Gasteiger partial charge in [-0.25, -0.2) is 4.98 Å². The molecule has 2 aliphatic rings. The Balaban J connectivity index is 1.36. The second kappa shape index (κ2) is 6.57. The Bertz CT molecular complexity index is 722. The zero-order valence-corrected chi connectivity index (χ0v) is 13.3. The number of nitrogens with zero attached hydrogens (tertiary/aromatic N) is 3. The Morgan fingerprint density at radius 1 is 1.25 bits per heavy atom. The van der Waals surface area contributed by atoms with Gasteiger partial charge in [-0.05, 0) is 11.1 Å². The lowest BCUT2D eigenvalue weighted by Crippen LogP contribution is -2.42. The lowest BCUT2D eigenvalue weighted by Gasteiger charge is -2.28. The van der Waals surface area contributed by atoms with E-state index in [-0.39, 0.29) is 12.0 Å². The molecule has 0 saturated carbocycles. The first-order chi connectivity index (χ1) is 11.8. The van der Waals surface area contributed by atoms with Gasteiger partial charge in [-0.15, -0.1) is 0 Å². The summed E-state index contributed by atoms with van der Waals surface area (Å²) in [6.07, 6.45) is 5.80. The molecule has 124 valence electrons. The van der Waals surface area contributed by atoms with E-state index in [0.717, 1.165) is 6.42 Å². The van der Waals surface area contributed by atoms with Crippen LogP contribution in [-0.2, 0) is 22.6 Å². The third kappa shape index (κ3) is 3.10. The van der Waals surface area contributed by atoms with Gasteiger partial charge >= 0.3 is 0 Å². The van der Waals surface area contributed by atoms with Crippen LogP contribution in [0.3, 0.4) is 0 Å². The molecule has 0 bridgehead atoms. The molecule has 0 aliphatic carbocycles. The van der Waals surface area contributed by atoms with E-state index in [2.05, 4.69) is 22.1 Å². The molecule has 2 aromatic rings. The van der Waals surface area contributed by atoms with Crippen LogP contribution < -0.4 is 4.74 Å². The molecule has 1 fully saturated rings. The third-order valence-corrected chi connectivity index (χ3v) is 4.52. The molecule has 2 atom stereocenters. The topological polar surface area (TPSA) is 64.5 Å². The van der Waals surface area contributed by atoms with E-state index < -0.39 is 6.10 Å². The summed E-state index contributed by atoms with van der Waals surface area (Å²) in [7, 11) is 0. The fourth-order valence-corrected chi connectivity index (χ4v) is 3.25. The van der Waals surface area contributed by atoms with Gasteiger partial charge in [-0.3, -0.25) is 9.78 Å². The highest BCUT2D eigenvalue weighted by atomic mass is 16.5. The van der Waals surface area contributed by atoms with E-state index in [4.69, 9.17) is 9.47 Å². The molecule has 0 radical (unpaired) electrons. The Kier molecular flexibility index (Phi) is 4.13. The molecule has 3 heterocycles. The van der Waals surface area contributed by atoms with Crippen molar-refractivity contribution in [3.05, 3.63) is 54.0 Å². The molecule has 4 rings (SSSR count). The molecule has 1 aromatic carbocycles. The number of aromatic nitrogens is 2. The third-order valence-electron chi connectivity index (χ3n) is 4.52. The highest BCUT2D eigenvalue weighted by molar-refractivity contribution is 5.82. The van der Waals surface area contributed by atoms with Gasteiger partial charge in [0.15, 0.2) is 0 Å². The van der Waals surface area contributed by atoms with Gasteiger partial charge in [0.2, 0.25) is 5.88 Å². The molecule has 1 saturated heterocycles. The van der Waals surface area contributed by atoms with Crippen molar-refractivity contribution in [2.75, 3.05) is 13.1 Å². The highest BCUT2D eigenvalue weighted by Crippen LogP contribution is 2.23. The number of carbonyl (C=O) groups is 1. The minimum Gasteiger partial charge on any atom is -0.471 e. The number of rotatable bonds is 3. The minimum absolute atomic E-state index is 0.0403. The predicted molar refractivity (Wildman–Crippen MR) is 86.4 cm³/mol. The highest BCUT2D eigenvalue weighted by Gasteiger charge is 2.34. The Labute approximate surface area is 140 Å². The number of hydrogen-bond donors (Lipinski definition) is 0. The van der Waals surface area contributed by atoms with Crippen molar-refractivity contribution >= 4 is 5.91 Å². The van der Waals surface area contributed by atoms with E-state index in [1.54, 1.807) is 18.6 Å². The maximum absolute atomic E-state index is 12.7. The average molecular weight is 325 g/mol. The number of likely N-dealkylation sites (tertiary alicyclic amines) is 1. The summed E-state index contributed by atoms with van der Waals surface area (Å²) in [5, 5.41) is 0. The van der Waals surface area contributed by atoms with Crippen LogP contribution in [0.15, 0.2) is 42.9 Å². The van der Waals surface area contributed by atoms with Crippen LogP contribution in [0.4, 0.5) is 0 Å². The largest absolute Gasteiger partial charge is 0.471 e. The first kappa shape index (κ1) is 15.1. The van der Waals surface area contributed by atoms with Crippen molar-refractivity contribution in [1.82, 2.24) is 14.9 Å². The molecule has 2 aliphatic heterocycles. The standard InChI is InChI=1S/C18H19N3O3/c22-18(16-9-13-3-1-2-4-14(13)12-23-16)21-8-5-15(11-21)24-17-10-19-6-7-20-17/h1-4,6-7,10,15-16H,5,8-9,11-12H2/t15-,16+/m1/s1. The van der Waals surface area contributed by atoms with Crippen molar-refractivity contribution in [1.29, 1.82) is 0 Å². The van der Waals surface area contributed by atoms with Crippen LogP contribution >= 0.6 is 0 Å².